The van der Waals surface area contributed by atoms with E-state index < -0.39 is 0 Å². The summed E-state index contributed by atoms with van der Waals surface area (Å²) in [6.07, 6.45) is 15.6. The lowest BCUT2D eigenvalue weighted by atomic mass is 10.1. The standard InChI is InChI=1S/C28H41NO2/c1-3-5-6-7-8-9-10-11-12-13-22-29-23-25-14-18-28(19-15-25)31-24-26-16-20-27(21-17-26)30-4-2/h14-21,23H,3-13,22,24H2,1-2H3/b29-23+. The van der Waals surface area contributed by atoms with Crippen molar-refractivity contribution in [3.63, 3.8) is 0 Å². The van der Waals surface area contributed by atoms with Crippen molar-refractivity contribution in [1.29, 1.82) is 0 Å². The van der Waals surface area contributed by atoms with E-state index in [0.717, 1.165) is 29.2 Å². The lowest BCUT2D eigenvalue weighted by Gasteiger charge is -2.08. The molecule has 2 rings (SSSR count). The van der Waals surface area contributed by atoms with Gasteiger partial charge in [0.25, 0.3) is 0 Å². The highest BCUT2D eigenvalue weighted by Crippen LogP contribution is 2.16. The molecule has 0 aromatic heterocycles. The SMILES string of the molecule is CCCCCCCCCCCC/N=C/c1ccc(OCc2ccc(OCC)cc2)cc1. The molecular formula is C28H41NO2. The van der Waals surface area contributed by atoms with Gasteiger partial charge in [-0.3, -0.25) is 4.99 Å². The van der Waals surface area contributed by atoms with Gasteiger partial charge in [-0.15, -0.1) is 0 Å². The van der Waals surface area contributed by atoms with Gasteiger partial charge in [-0.25, -0.2) is 0 Å². The fourth-order valence-corrected chi connectivity index (χ4v) is 3.53. The Balaban J connectivity index is 1.54. The molecule has 0 unspecified atom stereocenters. The molecule has 0 amide bonds. The predicted octanol–water partition coefficient (Wildman–Crippen LogP) is 8.00. The zero-order valence-electron chi connectivity index (χ0n) is 19.7. The van der Waals surface area contributed by atoms with Gasteiger partial charge in [0.05, 0.1) is 6.61 Å². The second-order valence-corrected chi connectivity index (χ2v) is 8.15. The second kappa shape index (κ2) is 16.4. The van der Waals surface area contributed by atoms with E-state index in [1.165, 1.54) is 64.2 Å². The summed E-state index contributed by atoms with van der Waals surface area (Å²) in [6, 6.07) is 16.2. The van der Waals surface area contributed by atoms with Crippen LogP contribution in [0.2, 0.25) is 0 Å². The molecule has 2 aromatic rings. The number of rotatable bonds is 17. The van der Waals surface area contributed by atoms with Gasteiger partial charge in [-0.1, -0.05) is 76.8 Å². The number of benzene rings is 2. The lowest BCUT2D eigenvalue weighted by Crippen LogP contribution is -1.96. The zero-order valence-corrected chi connectivity index (χ0v) is 19.7. The Morgan fingerprint density at radius 3 is 1.81 bits per heavy atom. The van der Waals surface area contributed by atoms with E-state index in [4.69, 9.17) is 9.47 Å². The maximum Gasteiger partial charge on any atom is 0.119 e. The van der Waals surface area contributed by atoms with Crippen LogP contribution in [0.5, 0.6) is 11.5 Å². The number of aliphatic imine (C=N–C) groups is 1. The smallest absolute Gasteiger partial charge is 0.119 e. The molecule has 0 atom stereocenters. The van der Waals surface area contributed by atoms with Crippen molar-refractivity contribution in [2.75, 3.05) is 13.2 Å². The molecule has 0 saturated carbocycles. The van der Waals surface area contributed by atoms with E-state index in [1.807, 2.05) is 49.5 Å². The van der Waals surface area contributed by atoms with E-state index >= 15 is 0 Å². The molecule has 170 valence electrons. The fraction of sp³-hybridized carbons (Fsp3) is 0.536. The van der Waals surface area contributed by atoms with Crippen LogP contribution in [-0.4, -0.2) is 19.4 Å². The van der Waals surface area contributed by atoms with Crippen LogP contribution in [0, 0.1) is 0 Å². The summed E-state index contributed by atoms with van der Waals surface area (Å²) in [5.74, 6) is 1.77. The van der Waals surface area contributed by atoms with E-state index in [2.05, 4.69) is 24.0 Å². The molecule has 0 radical (unpaired) electrons. The van der Waals surface area contributed by atoms with E-state index in [-0.39, 0.29) is 0 Å². The molecule has 3 heteroatoms. The first-order valence-electron chi connectivity index (χ1n) is 12.3. The van der Waals surface area contributed by atoms with Gasteiger partial charge < -0.3 is 9.47 Å². The summed E-state index contributed by atoms with van der Waals surface area (Å²) >= 11 is 0. The molecule has 31 heavy (non-hydrogen) atoms. The van der Waals surface area contributed by atoms with Crippen LogP contribution in [0.15, 0.2) is 53.5 Å². The summed E-state index contributed by atoms with van der Waals surface area (Å²) in [4.78, 5) is 4.58. The van der Waals surface area contributed by atoms with Crippen molar-refractivity contribution in [1.82, 2.24) is 0 Å². The molecular weight excluding hydrogens is 382 g/mol. The van der Waals surface area contributed by atoms with Gasteiger partial charge in [-0.2, -0.15) is 0 Å². The summed E-state index contributed by atoms with van der Waals surface area (Å²) in [5, 5.41) is 0. The minimum absolute atomic E-state index is 0.554. The topological polar surface area (TPSA) is 30.8 Å². The van der Waals surface area contributed by atoms with Gasteiger partial charge in [0.2, 0.25) is 0 Å². The average molecular weight is 424 g/mol. The monoisotopic (exact) mass is 423 g/mol. The van der Waals surface area contributed by atoms with Crippen molar-refractivity contribution >= 4 is 6.21 Å². The summed E-state index contributed by atoms with van der Waals surface area (Å²) < 4.78 is 11.3. The molecule has 0 aliphatic rings. The summed E-state index contributed by atoms with van der Waals surface area (Å²) in [6.45, 7) is 6.43. The molecule has 0 fully saturated rings. The Bertz CT molecular complexity index is 707. The fourth-order valence-electron chi connectivity index (χ4n) is 3.53. The summed E-state index contributed by atoms with van der Waals surface area (Å²) in [5.41, 5.74) is 2.26. The number of hydrogen-bond acceptors (Lipinski definition) is 3. The van der Waals surface area contributed by atoms with E-state index in [0.29, 0.717) is 13.2 Å². The Hall–Kier alpha value is -2.29. The third-order valence-corrected chi connectivity index (χ3v) is 5.40. The van der Waals surface area contributed by atoms with Crippen LogP contribution >= 0.6 is 0 Å². The first-order valence-corrected chi connectivity index (χ1v) is 12.3. The highest BCUT2D eigenvalue weighted by molar-refractivity contribution is 5.79. The molecule has 0 heterocycles. The number of ether oxygens (including phenoxy) is 2. The predicted molar refractivity (Wildman–Crippen MR) is 133 cm³/mol. The minimum atomic E-state index is 0.554. The van der Waals surface area contributed by atoms with Crippen molar-refractivity contribution < 1.29 is 9.47 Å². The molecule has 3 nitrogen and oxygen atoms in total. The zero-order chi connectivity index (χ0) is 22.0. The van der Waals surface area contributed by atoms with Gasteiger partial charge in [0.1, 0.15) is 18.1 Å². The molecule has 2 aromatic carbocycles. The number of nitrogens with zero attached hydrogens (tertiary/aromatic N) is 1. The largest absolute Gasteiger partial charge is 0.494 e. The van der Waals surface area contributed by atoms with Crippen LogP contribution < -0.4 is 9.47 Å². The maximum absolute atomic E-state index is 5.88. The van der Waals surface area contributed by atoms with Crippen molar-refractivity contribution in [2.45, 2.75) is 84.7 Å². The maximum atomic E-state index is 5.88. The Morgan fingerprint density at radius 2 is 1.19 bits per heavy atom. The van der Waals surface area contributed by atoms with Crippen LogP contribution in [0.3, 0.4) is 0 Å². The highest BCUT2D eigenvalue weighted by atomic mass is 16.5. The minimum Gasteiger partial charge on any atom is -0.494 e. The molecule has 0 N–H and O–H groups in total. The Morgan fingerprint density at radius 1 is 0.645 bits per heavy atom. The molecule has 0 bridgehead atoms. The quantitative estimate of drug-likeness (QED) is 0.191. The van der Waals surface area contributed by atoms with Crippen LogP contribution in [0.1, 0.15) is 89.2 Å². The third-order valence-electron chi connectivity index (χ3n) is 5.40. The number of unbranched alkanes of at least 4 members (excludes halogenated alkanes) is 9. The Kier molecular flexibility index (Phi) is 13.2. The molecule has 0 aliphatic heterocycles. The molecule has 0 saturated heterocycles. The third kappa shape index (κ3) is 11.6. The first-order chi connectivity index (χ1) is 15.3. The summed E-state index contributed by atoms with van der Waals surface area (Å²) in [7, 11) is 0. The number of hydrogen-bond donors (Lipinski definition) is 0. The normalized spacial score (nSPS) is 11.2. The van der Waals surface area contributed by atoms with Crippen molar-refractivity contribution in [3.05, 3.63) is 59.7 Å². The van der Waals surface area contributed by atoms with Gasteiger partial charge in [0.15, 0.2) is 0 Å². The lowest BCUT2D eigenvalue weighted by molar-refractivity contribution is 0.305. The van der Waals surface area contributed by atoms with Crippen molar-refractivity contribution in [3.8, 4) is 11.5 Å². The van der Waals surface area contributed by atoms with Crippen molar-refractivity contribution in [2.24, 2.45) is 4.99 Å². The Labute approximate surface area is 189 Å². The molecule has 0 spiro atoms. The van der Waals surface area contributed by atoms with E-state index in [1.54, 1.807) is 0 Å². The van der Waals surface area contributed by atoms with Crippen LogP contribution in [0.25, 0.3) is 0 Å². The second-order valence-electron chi connectivity index (χ2n) is 8.15. The van der Waals surface area contributed by atoms with Gasteiger partial charge in [0, 0.05) is 12.8 Å². The van der Waals surface area contributed by atoms with Gasteiger partial charge in [-0.05, 0) is 60.9 Å². The highest BCUT2D eigenvalue weighted by Gasteiger charge is 1.98. The van der Waals surface area contributed by atoms with E-state index in [9.17, 15) is 0 Å². The van der Waals surface area contributed by atoms with Gasteiger partial charge >= 0.3 is 0 Å². The molecule has 0 aliphatic carbocycles. The van der Waals surface area contributed by atoms with Crippen LogP contribution in [-0.2, 0) is 6.61 Å². The van der Waals surface area contributed by atoms with Crippen LogP contribution in [0.4, 0.5) is 0 Å². The first kappa shape index (κ1) is 25.0. The average Bonchev–Trinajstić information content (AvgIpc) is 2.80.